The lowest BCUT2D eigenvalue weighted by atomic mass is 10.1. The molecule has 3 heterocycles. The van der Waals surface area contributed by atoms with Crippen LogP contribution in [0.5, 0.6) is 0 Å². The average molecular weight is 245 g/mol. The Morgan fingerprint density at radius 2 is 2.39 bits per heavy atom. The molecule has 2 aromatic rings. The molecule has 1 aliphatic heterocycles. The molecule has 5 nitrogen and oxygen atoms in total. The standard InChI is InChI=1S/C13H19N5/c1-2-18-9-12(6-16-18)13-7-15-10-17(13)8-11-3-4-14-5-11/h6-7,9-11,14H,2-5,8H2,1H3. The van der Waals surface area contributed by atoms with Crippen molar-refractivity contribution in [3.63, 3.8) is 0 Å². The zero-order chi connectivity index (χ0) is 12.4. The van der Waals surface area contributed by atoms with Crippen LogP contribution in [0, 0.1) is 5.92 Å². The Morgan fingerprint density at radius 3 is 3.11 bits per heavy atom. The van der Waals surface area contributed by atoms with E-state index in [1.807, 2.05) is 23.4 Å². The summed E-state index contributed by atoms with van der Waals surface area (Å²) in [4.78, 5) is 4.28. The smallest absolute Gasteiger partial charge is 0.0951 e. The molecule has 1 atom stereocenters. The SMILES string of the molecule is CCn1cc(-c2cncn2CC2CCNC2)cn1. The van der Waals surface area contributed by atoms with Gasteiger partial charge in [0.2, 0.25) is 0 Å². The van der Waals surface area contributed by atoms with Crippen molar-refractivity contribution in [2.24, 2.45) is 5.92 Å². The first-order chi connectivity index (χ1) is 8.86. The van der Waals surface area contributed by atoms with Gasteiger partial charge in [0.25, 0.3) is 0 Å². The third-order valence-electron chi connectivity index (χ3n) is 3.58. The maximum atomic E-state index is 4.33. The minimum absolute atomic E-state index is 0.721. The number of rotatable bonds is 4. The number of nitrogens with zero attached hydrogens (tertiary/aromatic N) is 4. The monoisotopic (exact) mass is 245 g/mol. The van der Waals surface area contributed by atoms with Crippen LogP contribution >= 0.6 is 0 Å². The van der Waals surface area contributed by atoms with Crippen LogP contribution in [0.1, 0.15) is 13.3 Å². The molecule has 18 heavy (non-hydrogen) atoms. The molecular formula is C13H19N5. The molecule has 1 N–H and O–H groups in total. The number of aryl methyl sites for hydroxylation is 1. The van der Waals surface area contributed by atoms with Gasteiger partial charge in [-0.3, -0.25) is 4.68 Å². The van der Waals surface area contributed by atoms with Crippen molar-refractivity contribution in [3.05, 3.63) is 24.9 Å². The van der Waals surface area contributed by atoms with E-state index in [0.29, 0.717) is 0 Å². The second kappa shape index (κ2) is 4.94. The van der Waals surface area contributed by atoms with Gasteiger partial charge < -0.3 is 9.88 Å². The van der Waals surface area contributed by atoms with E-state index < -0.39 is 0 Å². The van der Waals surface area contributed by atoms with Gasteiger partial charge in [-0.2, -0.15) is 5.10 Å². The van der Waals surface area contributed by atoms with Gasteiger partial charge in [-0.25, -0.2) is 4.98 Å². The molecule has 0 bridgehead atoms. The van der Waals surface area contributed by atoms with Gasteiger partial charge in [0, 0.05) is 24.8 Å². The lowest BCUT2D eigenvalue weighted by molar-refractivity contribution is 0.484. The van der Waals surface area contributed by atoms with Gasteiger partial charge in [0.15, 0.2) is 0 Å². The number of aromatic nitrogens is 4. The van der Waals surface area contributed by atoms with E-state index in [0.717, 1.165) is 37.7 Å². The summed E-state index contributed by atoms with van der Waals surface area (Å²) < 4.78 is 4.19. The Kier molecular flexibility index (Phi) is 3.15. The Labute approximate surface area is 107 Å². The van der Waals surface area contributed by atoms with Gasteiger partial charge in [-0.15, -0.1) is 0 Å². The molecule has 0 aromatic carbocycles. The molecule has 0 radical (unpaired) electrons. The molecule has 96 valence electrons. The molecule has 5 heteroatoms. The van der Waals surface area contributed by atoms with E-state index in [-0.39, 0.29) is 0 Å². The van der Waals surface area contributed by atoms with Gasteiger partial charge >= 0.3 is 0 Å². The number of hydrogen-bond donors (Lipinski definition) is 1. The van der Waals surface area contributed by atoms with Crippen molar-refractivity contribution < 1.29 is 0 Å². The van der Waals surface area contributed by atoms with E-state index in [1.54, 1.807) is 0 Å². The summed E-state index contributed by atoms with van der Waals surface area (Å²) in [6.45, 7) is 6.30. The van der Waals surface area contributed by atoms with Crippen molar-refractivity contribution in [3.8, 4) is 11.3 Å². The summed E-state index contributed by atoms with van der Waals surface area (Å²) in [7, 11) is 0. The summed E-state index contributed by atoms with van der Waals surface area (Å²) >= 11 is 0. The Bertz CT molecular complexity index is 507. The minimum atomic E-state index is 0.721. The van der Waals surface area contributed by atoms with E-state index in [2.05, 4.69) is 33.1 Å². The highest BCUT2D eigenvalue weighted by atomic mass is 15.3. The first-order valence-electron chi connectivity index (χ1n) is 6.60. The molecule has 1 fully saturated rings. The van der Waals surface area contributed by atoms with Crippen molar-refractivity contribution in [2.45, 2.75) is 26.4 Å². The topological polar surface area (TPSA) is 47.7 Å². The number of hydrogen-bond acceptors (Lipinski definition) is 3. The van der Waals surface area contributed by atoms with Crippen molar-refractivity contribution in [1.82, 2.24) is 24.6 Å². The number of imidazole rings is 1. The lowest BCUT2D eigenvalue weighted by Crippen LogP contribution is -2.14. The molecule has 3 rings (SSSR count). The molecule has 0 saturated carbocycles. The summed E-state index contributed by atoms with van der Waals surface area (Å²) in [5.41, 5.74) is 2.32. The van der Waals surface area contributed by atoms with E-state index in [1.165, 1.54) is 12.1 Å². The van der Waals surface area contributed by atoms with Crippen LogP contribution in [0.15, 0.2) is 24.9 Å². The van der Waals surface area contributed by atoms with Crippen molar-refractivity contribution in [1.29, 1.82) is 0 Å². The van der Waals surface area contributed by atoms with Crippen molar-refractivity contribution >= 4 is 0 Å². The van der Waals surface area contributed by atoms with Crippen LogP contribution in [0.2, 0.25) is 0 Å². The Balaban J connectivity index is 1.81. The quantitative estimate of drug-likeness (QED) is 0.885. The highest BCUT2D eigenvalue weighted by molar-refractivity contribution is 5.56. The summed E-state index contributed by atoms with van der Waals surface area (Å²) in [6.07, 6.45) is 9.12. The summed E-state index contributed by atoms with van der Waals surface area (Å²) in [6, 6.07) is 0. The lowest BCUT2D eigenvalue weighted by Gasteiger charge is -2.11. The molecule has 0 amide bonds. The molecule has 1 aliphatic rings. The van der Waals surface area contributed by atoms with Crippen LogP contribution in [0.4, 0.5) is 0 Å². The molecular weight excluding hydrogens is 226 g/mol. The van der Waals surface area contributed by atoms with Crippen LogP contribution < -0.4 is 5.32 Å². The fourth-order valence-corrected chi connectivity index (χ4v) is 2.52. The van der Waals surface area contributed by atoms with Gasteiger partial charge in [0.05, 0.1) is 24.4 Å². The fraction of sp³-hybridized carbons (Fsp3) is 0.538. The van der Waals surface area contributed by atoms with Gasteiger partial charge in [-0.1, -0.05) is 0 Å². The molecule has 1 unspecified atom stereocenters. The predicted octanol–water partition coefficient (Wildman–Crippen LogP) is 1.38. The summed E-state index contributed by atoms with van der Waals surface area (Å²) in [5, 5.41) is 7.73. The maximum Gasteiger partial charge on any atom is 0.0951 e. The van der Waals surface area contributed by atoms with Crippen molar-refractivity contribution in [2.75, 3.05) is 13.1 Å². The first kappa shape index (κ1) is 11.5. The Hall–Kier alpha value is -1.62. The first-order valence-corrected chi connectivity index (χ1v) is 6.60. The highest BCUT2D eigenvalue weighted by Gasteiger charge is 2.17. The molecule has 0 spiro atoms. The number of nitrogens with one attached hydrogen (secondary N) is 1. The zero-order valence-corrected chi connectivity index (χ0v) is 10.7. The maximum absolute atomic E-state index is 4.33. The van der Waals surface area contributed by atoms with Gasteiger partial charge in [-0.05, 0) is 32.4 Å². The Morgan fingerprint density at radius 1 is 1.44 bits per heavy atom. The summed E-state index contributed by atoms with van der Waals surface area (Å²) in [5.74, 6) is 0.721. The third-order valence-corrected chi connectivity index (χ3v) is 3.58. The predicted molar refractivity (Wildman–Crippen MR) is 70.1 cm³/mol. The third kappa shape index (κ3) is 2.18. The minimum Gasteiger partial charge on any atom is -0.330 e. The van der Waals surface area contributed by atoms with Crippen LogP contribution in [-0.4, -0.2) is 32.4 Å². The zero-order valence-electron chi connectivity index (χ0n) is 10.7. The van der Waals surface area contributed by atoms with E-state index >= 15 is 0 Å². The second-order valence-electron chi connectivity index (χ2n) is 4.87. The molecule has 1 saturated heterocycles. The second-order valence-corrected chi connectivity index (χ2v) is 4.87. The van der Waals surface area contributed by atoms with Crippen LogP contribution in [0.3, 0.4) is 0 Å². The van der Waals surface area contributed by atoms with Gasteiger partial charge in [0.1, 0.15) is 0 Å². The largest absolute Gasteiger partial charge is 0.330 e. The average Bonchev–Trinajstić information content (AvgIpc) is 3.09. The fourth-order valence-electron chi connectivity index (χ4n) is 2.52. The van der Waals surface area contributed by atoms with Crippen LogP contribution in [0.25, 0.3) is 11.3 Å². The van der Waals surface area contributed by atoms with Crippen LogP contribution in [-0.2, 0) is 13.1 Å². The molecule has 0 aliphatic carbocycles. The molecule has 2 aromatic heterocycles. The normalized spacial score (nSPS) is 19.5. The van der Waals surface area contributed by atoms with E-state index in [4.69, 9.17) is 0 Å². The highest BCUT2D eigenvalue weighted by Crippen LogP contribution is 2.20. The van der Waals surface area contributed by atoms with E-state index in [9.17, 15) is 0 Å².